The summed E-state index contributed by atoms with van der Waals surface area (Å²) >= 11 is 12.5. The molecule has 2 aromatic carbocycles. The molecule has 198 valence electrons. The zero-order valence-corrected chi connectivity index (χ0v) is 22.0. The number of aliphatic hydroxyl groups excluding tert-OH is 1. The number of aromatic nitrogens is 2. The molecule has 2 amide bonds. The summed E-state index contributed by atoms with van der Waals surface area (Å²) in [4.78, 5) is 36.3. The number of halogens is 2. The SMILES string of the molecule is O=C(CN1Cc2ccc(-c3nc(NC4CCOCC4)ncc3Cl)cc2C1=O)NC(CO)c1cccc(Cl)c1. The number of nitrogens with one attached hydrogen (secondary N) is 2. The van der Waals surface area contributed by atoms with Crippen molar-refractivity contribution in [1.29, 1.82) is 0 Å². The predicted molar refractivity (Wildman–Crippen MR) is 144 cm³/mol. The Bertz CT molecular complexity index is 1350. The maximum atomic E-state index is 13.2. The second kappa shape index (κ2) is 11.7. The summed E-state index contributed by atoms with van der Waals surface area (Å²) in [5.74, 6) is -0.168. The van der Waals surface area contributed by atoms with Crippen molar-refractivity contribution in [3.8, 4) is 11.3 Å². The zero-order chi connectivity index (χ0) is 26.6. The number of aliphatic hydroxyl groups is 1. The van der Waals surface area contributed by atoms with Gasteiger partial charge in [-0.05, 0) is 42.2 Å². The van der Waals surface area contributed by atoms with Crippen molar-refractivity contribution < 1.29 is 19.4 Å². The first-order chi connectivity index (χ1) is 18.4. The molecule has 0 aliphatic carbocycles. The van der Waals surface area contributed by atoms with Gasteiger partial charge in [0.15, 0.2) is 0 Å². The molecule has 3 N–H and O–H groups in total. The molecule has 38 heavy (non-hydrogen) atoms. The molecular formula is C27H27Cl2N5O4. The summed E-state index contributed by atoms with van der Waals surface area (Å²) in [6.07, 6.45) is 3.29. The number of fused-ring (bicyclic) bond motifs is 1. The van der Waals surface area contributed by atoms with Crippen molar-refractivity contribution in [3.05, 3.63) is 75.4 Å². The lowest BCUT2D eigenvalue weighted by atomic mass is 10.0. The second-order valence-corrected chi connectivity index (χ2v) is 10.2. The molecule has 2 aliphatic rings. The van der Waals surface area contributed by atoms with Crippen LogP contribution in [-0.2, 0) is 16.1 Å². The van der Waals surface area contributed by atoms with E-state index < -0.39 is 6.04 Å². The van der Waals surface area contributed by atoms with Crippen LogP contribution in [0.5, 0.6) is 0 Å². The lowest BCUT2D eigenvalue weighted by molar-refractivity contribution is -0.122. The Hall–Kier alpha value is -3.24. The van der Waals surface area contributed by atoms with E-state index in [1.807, 2.05) is 12.1 Å². The molecule has 0 bridgehead atoms. The highest BCUT2D eigenvalue weighted by molar-refractivity contribution is 6.33. The van der Waals surface area contributed by atoms with Crippen LogP contribution in [0.1, 0.15) is 40.4 Å². The van der Waals surface area contributed by atoms with Gasteiger partial charge in [0.1, 0.15) is 6.54 Å². The van der Waals surface area contributed by atoms with Gasteiger partial charge in [0.05, 0.1) is 29.6 Å². The van der Waals surface area contributed by atoms with E-state index >= 15 is 0 Å². The third kappa shape index (κ3) is 5.91. The molecule has 0 saturated carbocycles. The van der Waals surface area contributed by atoms with Crippen LogP contribution in [0, 0.1) is 0 Å². The Morgan fingerprint density at radius 3 is 2.76 bits per heavy atom. The van der Waals surface area contributed by atoms with Crippen LogP contribution in [0.2, 0.25) is 10.0 Å². The number of rotatable bonds is 8. The molecule has 3 aromatic rings. The maximum absolute atomic E-state index is 13.2. The average molecular weight is 556 g/mol. The van der Waals surface area contributed by atoms with Crippen LogP contribution < -0.4 is 10.6 Å². The number of nitrogens with zero attached hydrogens (tertiary/aromatic N) is 3. The first kappa shape index (κ1) is 26.4. The highest BCUT2D eigenvalue weighted by Crippen LogP contribution is 2.31. The van der Waals surface area contributed by atoms with E-state index in [4.69, 9.17) is 27.9 Å². The predicted octanol–water partition coefficient (Wildman–Crippen LogP) is 3.85. The summed E-state index contributed by atoms with van der Waals surface area (Å²) in [5.41, 5.74) is 3.20. The number of benzene rings is 2. The van der Waals surface area contributed by atoms with Crippen molar-refractivity contribution in [1.82, 2.24) is 20.2 Å². The van der Waals surface area contributed by atoms with Gasteiger partial charge in [0, 0.05) is 41.9 Å². The van der Waals surface area contributed by atoms with E-state index in [-0.39, 0.29) is 31.0 Å². The largest absolute Gasteiger partial charge is 0.394 e. The van der Waals surface area contributed by atoms with E-state index in [9.17, 15) is 14.7 Å². The Balaban J connectivity index is 1.28. The van der Waals surface area contributed by atoms with E-state index in [0.717, 1.165) is 18.4 Å². The number of carbonyl (C=O) groups is 2. The number of hydrogen-bond acceptors (Lipinski definition) is 7. The smallest absolute Gasteiger partial charge is 0.254 e. The monoisotopic (exact) mass is 555 g/mol. The van der Waals surface area contributed by atoms with Crippen LogP contribution in [0.4, 0.5) is 5.95 Å². The quantitative estimate of drug-likeness (QED) is 0.386. The van der Waals surface area contributed by atoms with Crippen LogP contribution in [0.3, 0.4) is 0 Å². The molecule has 1 unspecified atom stereocenters. The molecule has 5 rings (SSSR count). The molecule has 1 aromatic heterocycles. The number of carbonyl (C=O) groups excluding carboxylic acids is 2. The highest BCUT2D eigenvalue weighted by Gasteiger charge is 2.30. The molecule has 0 spiro atoms. The van der Waals surface area contributed by atoms with Gasteiger partial charge in [-0.1, -0.05) is 47.5 Å². The standard InChI is InChI=1S/C27H27Cl2N5O4/c28-19-3-1-2-16(10-19)23(15-35)32-24(36)14-34-13-18-5-4-17(11-21(18)26(34)37)25-22(29)12-30-27(33-25)31-20-6-8-38-9-7-20/h1-5,10-12,20,23,35H,6-9,13-15H2,(H,32,36)(H,30,31,33). The van der Waals surface area contributed by atoms with Crippen molar-refractivity contribution in [2.75, 3.05) is 31.7 Å². The first-order valence-electron chi connectivity index (χ1n) is 12.4. The molecule has 1 fully saturated rings. The summed E-state index contributed by atoms with van der Waals surface area (Å²) in [6, 6.07) is 12.0. The zero-order valence-electron chi connectivity index (χ0n) is 20.5. The van der Waals surface area contributed by atoms with Crippen LogP contribution in [-0.4, -0.2) is 64.2 Å². The van der Waals surface area contributed by atoms with Crippen molar-refractivity contribution in [2.45, 2.75) is 31.5 Å². The van der Waals surface area contributed by atoms with Gasteiger partial charge in [-0.3, -0.25) is 9.59 Å². The summed E-state index contributed by atoms with van der Waals surface area (Å²) in [5, 5.41) is 16.8. The van der Waals surface area contributed by atoms with Crippen LogP contribution in [0.25, 0.3) is 11.3 Å². The van der Waals surface area contributed by atoms with E-state index in [0.29, 0.717) is 58.1 Å². The topological polar surface area (TPSA) is 117 Å². The molecule has 9 nitrogen and oxygen atoms in total. The highest BCUT2D eigenvalue weighted by atomic mass is 35.5. The number of hydrogen-bond donors (Lipinski definition) is 3. The van der Waals surface area contributed by atoms with E-state index in [1.54, 1.807) is 36.5 Å². The maximum Gasteiger partial charge on any atom is 0.254 e. The normalized spacial score (nSPS) is 16.3. The Labute approximate surface area is 230 Å². The summed E-state index contributed by atoms with van der Waals surface area (Å²) in [6.45, 7) is 1.25. The third-order valence-electron chi connectivity index (χ3n) is 6.66. The van der Waals surface area contributed by atoms with Gasteiger partial charge in [0.25, 0.3) is 5.91 Å². The van der Waals surface area contributed by atoms with Gasteiger partial charge in [-0.2, -0.15) is 0 Å². The molecular weight excluding hydrogens is 529 g/mol. The minimum Gasteiger partial charge on any atom is -0.394 e. The molecule has 3 heterocycles. The van der Waals surface area contributed by atoms with Gasteiger partial charge in [-0.15, -0.1) is 0 Å². The fourth-order valence-electron chi connectivity index (χ4n) is 4.67. The van der Waals surface area contributed by atoms with Crippen molar-refractivity contribution >= 4 is 41.0 Å². The Morgan fingerprint density at radius 2 is 2.00 bits per heavy atom. The van der Waals surface area contributed by atoms with Gasteiger partial charge < -0.3 is 25.4 Å². The van der Waals surface area contributed by atoms with Crippen molar-refractivity contribution in [3.63, 3.8) is 0 Å². The molecule has 1 saturated heterocycles. The van der Waals surface area contributed by atoms with Gasteiger partial charge in [0.2, 0.25) is 11.9 Å². The van der Waals surface area contributed by atoms with Gasteiger partial charge in [-0.25, -0.2) is 9.97 Å². The number of ether oxygens (including phenoxy) is 1. The van der Waals surface area contributed by atoms with Gasteiger partial charge >= 0.3 is 0 Å². The number of anilines is 1. The van der Waals surface area contributed by atoms with E-state index in [2.05, 4.69) is 20.6 Å². The second-order valence-electron chi connectivity index (χ2n) is 9.31. The lowest BCUT2D eigenvalue weighted by Crippen LogP contribution is -2.40. The molecule has 11 heteroatoms. The average Bonchev–Trinajstić information content (AvgIpc) is 3.23. The Morgan fingerprint density at radius 1 is 1.18 bits per heavy atom. The minimum absolute atomic E-state index is 0.145. The van der Waals surface area contributed by atoms with Crippen molar-refractivity contribution in [2.24, 2.45) is 0 Å². The fourth-order valence-corrected chi connectivity index (χ4v) is 5.07. The molecule has 1 atom stereocenters. The summed E-state index contributed by atoms with van der Waals surface area (Å²) < 4.78 is 5.41. The summed E-state index contributed by atoms with van der Waals surface area (Å²) in [7, 11) is 0. The fraction of sp³-hybridized carbons (Fsp3) is 0.333. The molecule has 2 aliphatic heterocycles. The number of amides is 2. The van der Waals surface area contributed by atoms with Crippen LogP contribution >= 0.6 is 23.2 Å². The third-order valence-corrected chi connectivity index (χ3v) is 7.18. The molecule has 0 radical (unpaired) electrons. The Kier molecular flexibility index (Phi) is 8.09. The minimum atomic E-state index is -0.628. The lowest BCUT2D eigenvalue weighted by Gasteiger charge is -2.23. The first-order valence-corrected chi connectivity index (χ1v) is 13.1. The van der Waals surface area contributed by atoms with E-state index in [1.165, 1.54) is 4.90 Å². The van der Waals surface area contributed by atoms with Crippen LogP contribution in [0.15, 0.2) is 48.7 Å².